The van der Waals surface area contributed by atoms with Gasteiger partial charge in [0.25, 0.3) is 0 Å². The number of phenols is 1. The summed E-state index contributed by atoms with van der Waals surface area (Å²) in [5, 5.41) is 12.8. The van der Waals surface area contributed by atoms with Gasteiger partial charge in [-0.1, -0.05) is 39.8 Å². The highest BCUT2D eigenvalue weighted by atomic mass is 16.3. The normalized spacial score (nSPS) is 13.6. The van der Waals surface area contributed by atoms with Gasteiger partial charge < -0.3 is 10.4 Å². The molecule has 0 bridgehead atoms. The molecule has 0 fully saturated rings. The van der Waals surface area contributed by atoms with Gasteiger partial charge in [-0.2, -0.15) is 0 Å². The molecule has 1 rings (SSSR count). The van der Waals surface area contributed by atoms with Crippen LogP contribution in [0.25, 0.3) is 0 Å². The van der Waals surface area contributed by atoms with Crippen molar-refractivity contribution in [3.63, 3.8) is 0 Å². The van der Waals surface area contributed by atoms with Gasteiger partial charge in [0.05, 0.1) is 0 Å². The minimum atomic E-state index is 0.290. The molecule has 1 atom stereocenters. The third-order valence-electron chi connectivity index (χ3n) is 3.46. The van der Waals surface area contributed by atoms with E-state index < -0.39 is 0 Å². The van der Waals surface area contributed by atoms with Crippen molar-refractivity contribution in [3.8, 4) is 5.75 Å². The number of rotatable bonds is 6. The Morgan fingerprint density at radius 3 is 2.28 bits per heavy atom. The lowest BCUT2D eigenvalue weighted by molar-refractivity contribution is 0.231. The predicted molar refractivity (Wildman–Crippen MR) is 77.9 cm³/mol. The van der Waals surface area contributed by atoms with Crippen LogP contribution in [0.1, 0.15) is 39.7 Å². The van der Waals surface area contributed by atoms with Crippen LogP contribution in [0.4, 0.5) is 0 Å². The lowest BCUT2D eigenvalue weighted by Crippen LogP contribution is -2.33. The van der Waals surface area contributed by atoms with Gasteiger partial charge in [0, 0.05) is 0 Å². The number of aromatic hydroxyl groups is 1. The van der Waals surface area contributed by atoms with E-state index in [1.54, 1.807) is 12.1 Å². The third kappa shape index (κ3) is 5.09. The molecule has 18 heavy (non-hydrogen) atoms. The fourth-order valence-corrected chi connectivity index (χ4v) is 2.05. The third-order valence-corrected chi connectivity index (χ3v) is 3.46. The smallest absolute Gasteiger partial charge is 0.115 e. The van der Waals surface area contributed by atoms with E-state index in [9.17, 15) is 5.11 Å². The summed E-state index contributed by atoms with van der Waals surface area (Å²) < 4.78 is 0. The molecule has 0 aromatic heterocycles. The van der Waals surface area contributed by atoms with Gasteiger partial charge >= 0.3 is 0 Å². The number of hydrogen-bond acceptors (Lipinski definition) is 2. The molecule has 0 aliphatic heterocycles. The van der Waals surface area contributed by atoms with Crippen LogP contribution >= 0.6 is 0 Å². The van der Waals surface area contributed by atoms with Crippen molar-refractivity contribution < 1.29 is 5.11 Å². The Morgan fingerprint density at radius 1 is 1.17 bits per heavy atom. The summed E-state index contributed by atoms with van der Waals surface area (Å²) in [4.78, 5) is 0. The van der Waals surface area contributed by atoms with Gasteiger partial charge in [-0.15, -0.1) is 0 Å². The van der Waals surface area contributed by atoms with E-state index in [0.29, 0.717) is 17.1 Å². The van der Waals surface area contributed by atoms with Crippen LogP contribution in [0.5, 0.6) is 5.75 Å². The fourth-order valence-electron chi connectivity index (χ4n) is 2.05. The summed E-state index contributed by atoms with van der Waals surface area (Å²) in [6.07, 6.45) is 2.23. The molecule has 0 heterocycles. The molecule has 0 amide bonds. The fraction of sp³-hybridized carbons (Fsp3) is 0.625. The van der Waals surface area contributed by atoms with Crippen LogP contribution < -0.4 is 5.32 Å². The lowest BCUT2D eigenvalue weighted by atomic mass is 9.77. The number of benzene rings is 1. The van der Waals surface area contributed by atoms with Gasteiger partial charge in [-0.25, -0.2) is 0 Å². The average Bonchev–Trinajstić information content (AvgIpc) is 2.29. The first-order valence-corrected chi connectivity index (χ1v) is 6.92. The maximum absolute atomic E-state index is 9.31. The first-order valence-electron chi connectivity index (χ1n) is 6.92. The quantitative estimate of drug-likeness (QED) is 0.755. The monoisotopic (exact) mass is 249 g/mol. The first kappa shape index (κ1) is 15.0. The van der Waals surface area contributed by atoms with Crippen molar-refractivity contribution in [2.45, 2.75) is 40.5 Å². The second-order valence-corrected chi connectivity index (χ2v) is 6.14. The summed E-state index contributed by atoms with van der Waals surface area (Å²) >= 11 is 0. The highest BCUT2D eigenvalue weighted by molar-refractivity contribution is 5.26. The Morgan fingerprint density at radius 2 is 1.78 bits per heavy atom. The van der Waals surface area contributed by atoms with E-state index in [2.05, 4.69) is 33.0 Å². The van der Waals surface area contributed by atoms with E-state index in [4.69, 9.17) is 0 Å². The summed E-state index contributed by atoms with van der Waals surface area (Å²) in [6.45, 7) is 11.2. The number of nitrogens with one attached hydrogen (secondary N) is 1. The molecular weight excluding hydrogens is 222 g/mol. The van der Waals surface area contributed by atoms with E-state index in [1.165, 1.54) is 12.0 Å². The summed E-state index contributed by atoms with van der Waals surface area (Å²) in [6, 6.07) is 7.59. The molecule has 2 heteroatoms. The van der Waals surface area contributed by atoms with Crippen LogP contribution in [0, 0.1) is 11.3 Å². The Hall–Kier alpha value is -1.02. The predicted octanol–water partition coefficient (Wildman–Crippen LogP) is 3.60. The van der Waals surface area contributed by atoms with Crippen molar-refractivity contribution in [3.05, 3.63) is 29.8 Å². The van der Waals surface area contributed by atoms with Gasteiger partial charge in [0.15, 0.2) is 0 Å². The molecule has 2 nitrogen and oxygen atoms in total. The van der Waals surface area contributed by atoms with Crippen LogP contribution in [-0.2, 0) is 6.42 Å². The van der Waals surface area contributed by atoms with Gasteiger partial charge in [0.1, 0.15) is 5.75 Å². The molecular formula is C16H27NO. The zero-order valence-electron chi connectivity index (χ0n) is 12.2. The standard InChI is InChI=1S/C16H27NO/c1-5-10-17-12-14(16(2,3)4)11-13-6-8-15(18)9-7-13/h6-9,14,17-18H,5,10-12H2,1-4H3. The maximum atomic E-state index is 9.31. The minimum Gasteiger partial charge on any atom is -0.508 e. The van der Waals surface area contributed by atoms with E-state index in [-0.39, 0.29) is 0 Å². The minimum absolute atomic E-state index is 0.290. The van der Waals surface area contributed by atoms with E-state index in [0.717, 1.165) is 19.5 Å². The lowest BCUT2D eigenvalue weighted by Gasteiger charge is -2.31. The van der Waals surface area contributed by atoms with Gasteiger partial charge in [0.2, 0.25) is 0 Å². The molecule has 1 aromatic rings. The SMILES string of the molecule is CCCNCC(Cc1ccc(O)cc1)C(C)(C)C. The summed E-state index contributed by atoms with van der Waals surface area (Å²) in [7, 11) is 0. The topological polar surface area (TPSA) is 32.3 Å². The van der Waals surface area contributed by atoms with Crippen LogP contribution in [0.2, 0.25) is 0 Å². The molecule has 0 saturated carbocycles. The van der Waals surface area contributed by atoms with E-state index >= 15 is 0 Å². The molecule has 102 valence electrons. The first-order chi connectivity index (χ1) is 8.43. The highest BCUT2D eigenvalue weighted by Crippen LogP contribution is 2.29. The van der Waals surface area contributed by atoms with Crippen molar-refractivity contribution in [1.82, 2.24) is 5.32 Å². The van der Waals surface area contributed by atoms with Crippen molar-refractivity contribution in [1.29, 1.82) is 0 Å². The Kier molecular flexibility index (Phi) is 5.67. The zero-order chi connectivity index (χ0) is 13.6. The Balaban J connectivity index is 2.63. The van der Waals surface area contributed by atoms with Gasteiger partial charge in [-0.05, 0) is 55.0 Å². The zero-order valence-corrected chi connectivity index (χ0v) is 12.2. The average molecular weight is 249 g/mol. The second kappa shape index (κ2) is 6.79. The Labute approximate surface area is 111 Å². The highest BCUT2D eigenvalue weighted by Gasteiger charge is 2.24. The number of phenolic OH excluding ortho intramolecular Hbond substituents is 1. The summed E-state index contributed by atoms with van der Waals surface area (Å²) in [5.74, 6) is 0.948. The molecule has 0 aliphatic rings. The second-order valence-electron chi connectivity index (χ2n) is 6.14. The molecule has 0 saturated heterocycles. The Bertz CT molecular complexity index is 337. The van der Waals surface area contributed by atoms with Crippen molar-refractivity contribution in [2.75, 3.05) is 13.1 Å². The molecule has 0 spiro atoms. The maximum Gasteiger partial charge on any atom is 0.115 e. The van der Waals surface area contributed by atoms with Crippen molar-refractivity contribution >= 4 is 0 Å². The molecule has 0 aliphatic carbocycles. The largest absolute Gasteiger partial charge is 0.508 e. The summed E-state index contributed by atoms with van der Waals surface area (Å²) in [5.41, 5.74) is 1.59. The molecule has 2 N–H and O–H groups in total. The molecule has 1 aromatic carbocycles. The van der Waals surface area contributed by atoms with Crippen LogP contribution in [-0.4, -0.2) is 18.2 Å². The van der Waals surface area contributed by atoms with Crippen LogP contribution in [0.3, 0.4) is 0 Å². The van der Waals surface area contributed by atoms with Gasteiger partial charge in [-0.3, -0.25) is 0 Å². The molecule has 0 radical (unpaired) electrons. The van der Waals surface area contributed by atoms with Crippen molar-refractivity contribution in [2.24, 2.45) is 11.3 Å². The molecule has 1 unspecified atom stereocenters. The number of hydrogen-bond donors (Lipinski definition) is 2. The van der Waals surface area contributed by atoms with Crippen LogP contribution in [0.15, 0.2) is 24.3 Å². The van der Waals surface area contributed by atoms with E-state index in [1.807, 2.05) is 12.1 Å².